The lowest BCUT2D eigenvalue weighted by Crippen LogP contribution is -2.21. The number of ether oxygens (including phenoxy) is 2. The third kappa shape index (κ3) is 2.52. The lowest BCUT2D eigenvalue weighted by Gasteiger charge is -2.23. The van der Waals surface area contributed by atoms with E-state index in [9.17, 15) is 0 Å². The average molecular weight is 298 g/mol. The summed E-state index contributed by atoms with van der Waals surface area (Å²) in [5.74, 6) is 2.42. The zero-order valence-corrected chi connectivity index (χ0v) is 11.8. The van der Waals surface area contributed by atoms with Crippen LogP contribution in [0.5, 0.6) is 11.5 Å². The number of benzene rings is 1. The minimum atomic E-state index is -0.374. The van der Waals surface area contributed by atoms with E-state index >= 15 is 0 Å². The van der Waals surface area contributed by atoms with Gasteiger partial charge in [0.2, 0.25) is 12.0 Å². The summed E-state index contributed by atoms with van der Waals surface area (Å²) in [6.07, 6.45) is 3.88. The second-order valence-electron chi connectivity index (χ2n) is 4.92. The van der Waals surface area contributed by atoms with E-state index in [-0.39, 0.29) is 6.10 Å². The van der Waals surface area contributed by atoms with Gasteiger partial charge in [-0.3, -0.25) is 4.68 Å². The van der Waals surface area contributed by atoms with E-state index in [1.54, 1.807) is 6.20 Å². The molecule has 0 aliphatic carbocycles. The summed E-state index contributed by atoms with van der Waals surface area (Å²) in [7, 11) is 0. The molecule has 0 N–H and O–H groups in total. The Kier molecular flexibility index (Phi) is 3.23. The van der Waals surface area contributed by atoms with Crippen molar-refractivity contribution in [3.63, 3.8) is 0 Å². The van der Waals surface area contributed by atoms with Crippen LogP contribution >= 0.6 is 0 Å². The van der Waals surface area contributed by atoms with Crippen LogP contribution in [0.4, 0.5) is 0 Å². The Morgan fingerprint density at radius 1 is 1.14 bits per heavy atom. The third-order valence-corrected chi connectivity index (χ3v) is 3.38. The number of nitrogens with zero attached hydrogens (tertiary/aromatic N) is 4. The zero-order valence-electron chi connectivity index (χ0n) is 11.8. The molecular formula is C15H14N4O3. The molecule has 3 heterocycles. The monoisotopic (exact) mass is 298 g/mol. The summed E-state index contributed by atoms with van der Waals surface area (Å²) in [6, 6.07) is 9.41. The first kappa shape index (κ1) is 12.9. The van der Waals surface area contributed by atoms with Crippen LogP contribution in [-0.4, -0.2) is 26.6 Å². The molecule has 2 aromatic heterocycles. The Balaban J connectivity index is 1.44. The van der Waals surface area contributed by atoms with Crippen molar-refractivity contribution in [1.82, 2.24) is 20.0 Å². The highest BCUT2D eigenvalue weighted by Crippen LogP contribution is 2.35. The Labute approximate surface area is 126 Å². The molecule has 3 aromatic rings. The molecular weight excluding hydrogens is 284 g/mol. The number of hydrogen-bond acceptors (Lipinski definition) is 6. The van der Waals surface area contributed by atoms with Gasteiger partial charge in [-0.2, -0.15) is 5.10 Å². The summed E-state index contributed by atoms with van der Waals surface area (Å²) >= 11 is 0. The van der Waals surface area contributed by atoms with Gasteiger partial charge in [0.05, 0.1) is 0 Å². The van der Waals surface area contributed by atoms with Crippen molar-refractivity contribution < 1.29 is 13.9 Å². The first-order chi connectivity index (χ1) is 10.9. The van der Waals surface area contributed by atoms with Gasteiger partial charge in [0.1, 0.15) is 6.61 Å². The zero-order chi connectivity index (χ0) is 14.8. The van der Waals surface area contributed by atoms with E-state index in [2.05, 4.69) is 15.3 Å². The smallest absolute Gasteiger partial charge is 0.260 e. The average Bonchev–Trinajstić information content (AvgIpc) is 3.24. The number of hydrogen-bond donors (Lipinski definition) is 0. The molecule has 0 saturated carbocycles. The van der Waals surface area contributed by atoms with E-state index in [1.165, 1.54) is 0 Å². The van der Waals surface area contributed by atoms with Crippen LogP contribution in [0.1, 0.15) is 17.9 Å². The van der Waals surface area contributed by atoms with Crippen molar-refractivity contribution in [1.29, 1.82) is 0 Å². The van der Waals surface area contributed by atoms with Crippen molar-refractivity contribution in [2.45, 2.75) is 19.1 Å². The maximum Gasteiger partial charge on any atom is 0.260 e. The van der Waals surface area contributed by atoms with Gasteiger partial charge >= 0.3 is 0 Å². The number of para-hydroxylation sites is 2. The lowest BCUT2D eigenvalue weighted by molar-refractivity contribution is 0.0703. The van der Waals surface area contributed by atoms with Gasteiger partial charge in [0.25, 0.3) is 5.89 Å². The lowest BCUT2D eigenvalue weighted by atomic mass is 10.2. The fraction of sp³-hybridized carbons (Fsp3) is 0.267. The second kappa shape index (κ2) is 5.51. The molecule has 0 spiro atoms. The Hall–Kier alpha value is -2.83. The Bertz CT molecular complexity index is 754. The molecule has 7 nitrogen and oxygen atoms in total. The molecule has 0 bridgehead atoms. The van der Waals surface area contributed by atoms with Crippen LogP contribution in [0.3, 0.4) is 0 Å². The van der Waals surface area contributed by atoms with Crippen molar-refractivity contribution in [3.8, 4) is 11.5 Å². The summed E-state index contributed by atoms with van der Waals surface area (Å²) in [5.41, 5.74) is 0. The van der Waals surface area contributed by atoms with Crippen molar-refractivity contribution >= 4 is 0 Å². The summed E-state index contributed by atoms with van der Waals surface area (Å²) in [6.45, 7) is 1.05. The molecule has 1 atom stereocenters. The highest BCUT2D eigenvalue weighted by atomic mass is 16.6. The van der Waals surface area contributed by atoms with E-state index in [1.807, 2.05) is 41.2 Å². The molecule has 4 rings (SSSR count). The van der Waals surface area contributed by atoms with Crippen LogP contribution < -0.4 is 9.47 Å². The molecule has 1 aromatic carbocycles. The van der Waals surface area contributed by atoms with Gasteiger partial charge in [-0.05, 0) is 18.2 Å². The summed E-state index contributed by atoms with van der Waals surface area (Å²) in [4.78, 5) is 0. The Morgan fingerprint density at radius 2 is 2.05 bits per heavy atom. The number of aromatic nitrogens is 4. The van der Waals surface area contributed by atoms with E-state index in [0.717, 1.165) is 5.75 Å². The Morgan fingerprint density at radius 3 is 2.91 bits per heavy atom. The molecule has 0 fully saturated rings. The first-order valence-corrected chi connectivity index (χ1v) is 7.07. The van der Waals surface area contributed by atoms with Crippen molar-refractivity contribution in [3.05, 3.63) is 54.5 Å². The second-order valence-corrected chi connectivity index (χ2v) is 4.92. The molecule has 0 radical (unpaired) electrons. The predicted molar refractivity (Wildman–Crippen MR) is 75.5 cm³/mol. The fourth-order valence-corrected chi connectivity index (χ4v) is 2.28. The maximum absolute atomic E-state index is 5.84. The van der Waals surface area contributed by atoms with Crippen LogP contribution in [0.25, 0.3) is 0 Å². The number of fused-ring (bicyclic) bond motifs is 1. The molecule has 7 heteroatoms. The van der Waals surface area contributed by atoms with Gasteiger partial charge in [-0.25, -0.2) is 0 Å². The predicted octanol–water partition coefficient (Wildman–Crippen LogP) is 2.02. The minimum Gasteiger partial charge on any atom is -0.485 e. The normalized spacial score (nSPS) is 16.6. The maximum atomic E-state index is 5.84. The molecule has 1 aliphatic rings. The van der Waals surface area contributed by atoms with Crippen molar-refractivity contribution in [2.75, 3.05) is 6.61 Å². The van der Waals surface area contributed by atoms with Gasteiger partial charge < -0.3 is 13.9 Å². The van der Waals surface area contributed by atoms with E-state index in [4.69, 9.17) is 13.9 Å². The molecule has 22 heavy (non-hydrogen) atoms. The van der Waals surface area contributed by atoms with E-state index in [0.29, 0.717) is 37.1 Å². The van der Waals surface area contributed by atoms with Gasteiger partial charge in [-0.15, -0.1) is 10.2 Å². The molecule has 112 valence electrons. The third-order valence-electron chi connectivity index (χ3n) is 3.38. The number of rotatable bonds is 4. The highest BCUT2D eigenvalue weighted by molar-refractivity contribution is 5.40. The number of aryl methyl sites for hydroxylation is 2. The quantitative estimate of drug-likeness (QED) is 0.733. The standard InChI is InChI=1S/C15H14N4O3/c1-2-5-12-11(4-1)20-10-13(21-12)15-18-17-14(22-15)6-9-19-8-3-7-16-19/h1-5,7-8,13H,6,9-10H2. The van der Waals surface area contributed by atoms with Crippen molar-refractivity contribution in [2.24, 2.45) is 0 Å². The van der Waals surface area contributed by atoms with Gasteiger partial charge in [-0.1, -0.05) is 12.1 Å². The molecule has 1 aliphatic heterocycles. The SMILES string of the molecule is c1ccc2c(c1)OCC(c1nnc(CCn3cccn3)o1)O2. The van der Waals surface area contributed by atoms with Crippen LogP contribution in [0.2, 0.25) is 0 Å². The molecule has 0 amide bonds. The van der Waals surface area contributed by atoms with Crippen LogP contribution in [0.15, 0.2) is 47.1 Å². The highest BCUT2D eigenvalue weighted by Gasteiger charge is 2.27. The summed E-state index contributed by atoms with van der Waals surface area (Å²) < 4.78 is 19.0. The molecule has 1 unspecified atom stereocenters. The van der Waals surface area contributed by atoms with Crippen LogP contribution in [-0.2, 0) is 13.0 Å². The molecule has 0 saturated heterocycles. The first-order valence-electron chi connectivity index (χ1n) is 7.07. The van der Waals surface area contributed by atoms with E-state index < -0.39 is 0 Å². The fourth-order valence-electron chi connectivity index (χ4n) is 2.28. The van der Waals surface area contributed by atoms with Gasteiger partial charge in [0, 0.05) is 25.4 Å². The topological polar surface area (TPSA) is 75.2 Å². The minimum absolute atomic E-state index is 0.359. The van der Waals surface area contributed by atoms with Gasteiger partial charge in [0.15, 0.2) is 11.5 Å². The van der Waals surface area contributed by atoms with Crippen LogP contribution in [0, 0.1) is 0 Å². The summed E-state index contributed by atoms with van der Waals surface area (Å²) in [5, 5.41) is 12.2. The largest absolute Gasteiger partial charge is 0.485 e.